The van der Waals surface area contributed by atoms with E-state index in [9.17, 15) is 40.7 Å². The predicted molar refractivity (Wildman–Crippen MR) is 85.0 cm³/mol. The summed E-state index contributed by atoms with van der Waals surface area (Å²) in [5.41, 5.74) is 2.23. The molecule has 2 fully saturated rings. The largest absolute Gasteiger partial charge is 0.394 e. The summed E-state index contributed by atoms with van der Waals surface area (Å²) in [4.78, 5) is 11.2. The molecule has 14 nitrogen and oxygen atoms in total. The lowest BCUT2D eigenvalue weighted by Gasteiger charge is -2.45. The Morgan fingerprint density at radius 3 is 2.00 bits per heavy atom. The first-order valence-electron chi connectivity index (χ1n) is 8.55. The Bertz CT molecular complexity index is 511. The molecule has 0 aromatic carbocycles. The van der Waals surface area contributed by atoms with Crippen molar-refractivity contribution in [3.63, 3.8) is 0 Å². The molecule has 0 unspecified atom stereocenters. The normalized spacial score (nSPS) is 44.3. The lowest BCUT2D eigenvalue weighted by molar-refractivity contribution is -0.588. The van der Waals surface area contributed by atoms with Crippen LogP contribution in [0.1, 0.15) is 0 Å². The number of hydrazine groups is 1. The van der Waals surface area contributed by atoms with E-state index in [1.807, 2.05) is 0 Å². The summed E-state index contributed by atoms with van der Waals surface area (Å²) in [6.07, 6.45) is -15.4. The third-order valence-electron chi connectivity index (χ3n) is 4.50. The molecule has 2 heterocycles. The van der Waals surface area contributed by atoms with Crippen molar-refractivity contribution >= 4 is 0 Å². The van der Waals surface area contributed by atoms with Crippen molar-refractivity contribution in [3.8, 4) is 0 Å². The highest BCUT2D eigenvalue weighted by Crippen LogP contribution is 2.29. The van der Waals surface area contributed by atoms with Crippen LogP contribution in [-0.2, 0) is 18.9 Å². The number of aliphatic hydroxyl groups excluding tert-OH is 7. The monoisotopic (exact) mass is 415 g/mol. The van der Waals surface area contributed by atoms with Gasteiger partial charge in [0.25, 0.3) is 0 Å². The molecule has 10 atom stereocenters. The molecule has 0 aromatic heterocycles. The van der Waals surface area contributed by atoms with E-state index in [0.717, 1.165) is 7.05 Å². The topological polar surface area (TPSA) is 211 Å². The number of hydrogen-bond acceptors (Lipinski definition) is 12. The van der Waals surface area contributed by atoms with E-state index in [2.05, 4.69) is 5.43 Å². The van der Waals surface area contributed by atoms with Gasteiger partial charge in [-0.3, -0.25) is 0 Å². The zero-order valence-electron chi connectivity index (χ0n) is 15.0. The van der Waals surface area contributed by atoms with Crippen molar-refractivity contribution in [2.24, 2.45) is 0 Å². The SMILES string of the molecule is C[N+](=O)NCO[C@@H]1O[C@H](CO)[C@@H](O)[C@H](O[C@@H]2O[C@H](CO)[C@@H](O)[C@H](O)[C@H]2O)[C@H]1O. The first kappa shape index (κ1) is 23.2. The van der Waals surface area contributed by atoms with Gasteiger partial charge in [0, 0.05) is 0 Å². The minimum absolute atomic E-state index is 0.343. The third kappa shape index (κ3) is 5.11. The Hall–Kier alpha value is -1.04. The highest BCUT2D eigenvalue weighted by atomic mass is 16.7. The molecular formula is C14H27N2O12+. The van der Waals surface area contributed by atoms with E-state index >= 15 is 0 Å². The fraction of sp³-hybridized carbons (Fsp3) is 1.00. The number of nitrogens with one attached hydrogen (secondary N) is 1. The summed E-state index contributed by atoms with van der Waals surface area (Å²) in [6, 6.07) is 0. The second-order valence-corrected chi connectivity index (χ2v) is 6.47. The van der Waals surface area contributed by atoms with Gasteiger partial charge < -0.3 is 54.7 Å². The minimum Gasteiger partial charge on any atom is -0.394 e. The Morgan fingerprint density at radius 2 is 1.43 bits per heavy atom. The Morgan fingerprint density at radius 1 is 0.857 bits per heavy atom. The van der Waals surface area contributed by atoms with Crippen LogP contribution in [-0.4, -0.2) is 129 Å². The van der Waals surface area contributed by atoms with Crippen LogP contribution < -0.4 is 5.43 Å². The summed E-state index contributed by atoms with van der Waals surface area (Å²) >= 11 is 0. The third-order valence-corrected chi connectivity index (χ3v) is 4.50. The molecule has 2 aliphatic rings. The van der Waals surface area contributed by atoms with Gasteiger partial charge in [-0.05, 0) is 0 Å². The lowest BCUT2D eigenvalue weighted by atomic mass is 9.97. The maximum absolute atomic E-state index is 10.8. The van der Waals surface area contributed by atoms with Crippen LogP contribution in [0.2, 0.25) is 0 Å². The predicted octanol–water partition coefficient (Wildman–Crippen LogP) is -5.50. The fourth-order valence-electron chi connectivity index (χ4n) is 2.90. The van der Waals surface area contributed by atoms with Gasteiger partial charge in [-0.1, -0.05) is 0 Å². The molecule has 2 aliphatic heterocycles. The van der Waals surface area contributed by atoms with Gasteiger partial charge in [-0.25, -0.2) is 0 Å². The van der Waals surface area contributed by atoms with Crippen molar-refractivity contribution in [2.75, 3.05) is 27.0 Å². The molecule has 0 aliphatic carbocycles. The number of aliphatic hydroxyl groups is 7. The van der Waals surface area contributed by atoms with E-state index in [1.54, 1.807) is 0 Å². The van der Waals surface area contributed by atoms with Gasteiger partial charge in [0.15, 0.2) is 19.3 Å². The van der Waals surface area contributed by atoms with E-state index < -0.39 is 74.6 Å². The molecule has 2 rings (SSSR count). The van der Waals surface area contributed by atoms with Crippen LogP contribution in [0.4, 0.5) is 0 Å². The van der Waals surface area contributed by atoms with Crippen molar-refractivity contribution < 1.29 is 59.6 Å². The van der Waals surface area contributed by atoms with Gasteiger partial charge in [0.05, 0.1) is 18.1 Å². The average molecular weight is 415 g/mol. The van der Waals surface area contributed by atoms with Crippen molar-refractivity contribution in [2.45, 2.75) is 61.4 Å². The van der Waals surface area contributed by atoms with Crippen molar-refractivity contribution in [1.29, 1.82) is 0 Å². The van der Waals surface area contributed by atoms with Gasteiger partial charge in [-0.2, -0.15) is 0 Å². The van der Waals surface area contributed by atoms with E-state index in [1.165, 1.54) is 0 Å². The first-order valence-corrected chi connectivity index (χ1v) is 8.55. The quantitative estimate of drug-likeness (QED) is 0.106. The maximum atomic E-state index is 10.8. The van der Waals surface area contributed by atoms with E-state index in [4.69, 9.17) is 18.9 Å². The van der Waals surface area contributed by atoms with Gasteiger partial charge in [0.1, 0.15) is 53.7 Å². The number of ether oxygens (including phenoxy) is 4. The molecule has 0 radical (unpaired) electrons. The number of rotatable bonds is 8. The molecule has 0 spiro atoms. The minimum atomic E-state index is -1.76. The van der Waals surface area contributed by atoms with Crippen LogP contribution in [0.3, 0.4) is 0 Å². The summed E-state index contributed by atoms with van der Waals surface area (Å²) in [7, 11) is 1.16. The Balaban J connectivity index is 2.10. The molecular weight excluding hydrogens is 388 g/mol. The van der Waals surface area contributed by atoms with Gasteiger partial charge >= 0.3 is 0 Å². The Kier molecular flexibility index (Phi) is 8.41. The van der Waals surface area contributed by atoms with Gasteiger partial charge in [-0.15, -0.1) is 5.43 Å². The highest BCUT2D eigenvalue weighted by Gasteiger charge is 2.50. The van der Waals surface area contributed by atoms with Crippen LogP contribution >= 0.6 is 0 Å². The highest BCUT2D eigenvalue weighted by molar-refractivity contribution is 4.94. The second kappa shape index (κ2) is 10.1. The van der Waals surface area contributed by atoms with Crippen LogP contribution in [0, 0.1) is 4.91 Å². The molecule has 0 bridgehead atoms. The van der Waals surface area contributed by atoms with Crippen LogP contribution in [0.15, 0.2) is 0 Å². The molecule has 0 saturated carbocycles. The molecule has 8 N–H and O–H groups in total. The smallest absolute Gasteiger partial charge is 0.216 e. The summed E-state index contributed by atoms with van der Waals surface area (Å²) in [6.45, 7) is -1.73. The maximum Gasteiger partial charge on any atom is 0.216 e. The number of nitroso groups, excluding NO2 is 1. The summed E-state index contributed by atoms with van der Waals surface area (Å²) in [5.74, 6) is 0. The van der Waals surface area contributed by atoms with E-state index in [-0.39, 0.29) is 6.73 Å². The number of hydrogen-bond donors (Lipinski definition) is 8. The summed E-state index contributed by atoms with van der Waals surface area (Å²) < 4.78 is 21.0. The van der Waals surface area contributed by atoms with Crippen molar-refractivity contribution in [3.05, 3.63) is 4.91 Å². The van der Waals surface area contributed by atoms with Crippen LogP contribution in [0.25, 0.3) is 0 Å². The van der Waals surface area contributed by atoms with Crippen LogP contribution in [0.5, 0.6) is 0 Å². The zero-order chi connectivity index (χ0) is 21.0. The molecule has 164 valence electrons. The lowest BCUT2D eigenvalue weighted by Crippen LogP contribution is -2.65. The molecule has 0 aromatic rings. The average Bonchev–Trinajstić information content (AvgIpc) is 2.66. The molecule has 14 heteroatoms. The molecule has 0 amide bonds. The number of nitrogens with zero attached hydrogens (tertiary/aromatic N) is 1. The molecule has 2 saturated heterocycles. The fourth-order valence-corrected chi connectivity index (χ4v) is 2.90. The Labute approximate surface area is 159 Å². The van der Waals surface area contributed by atoms with E-state index in [0.29, 0.717) is 4.87 Å². The van der Waals surface area contributed by atoms with Crippen molar-refractivity contribution in [1.82, 2.24) is 5.43 Å². The zero-order valence-corrected chi connectivity index (χ0v) is 15.0. The first-order chi connectivity index (χ1) is 13.2. The van der Waals surface area contributed by atoms with Gasteiger partial charge in [0.2, 0.25) is 7.05 Å². The summed E-state index contributed by atoms with van der Waals surface area (Å²) in [5, 5.41) is 68.9. The molecule has 28 heavy (non-hydrogen) atoms. The second-order valence-electron chi connectivity index (χ2n) is 6.47. The standard InChI is InChI=1S/C14H27N2O12/c1-16(24)15-4-25-13-11(23)12(8(20)6(3-18)26-13)28-14-10(22)9(21)7(19)5(2-17)27-14/h5-14,17-23H,2-4H2,1H3,(H,15,24)/q+1/t5-,6-,7-,8-,9+,10-,11-,12+,13-,14+/m1/s1.